The topological polar surface area (TPSA) is 50.4 Å². The van der Waals surface area contributed by atoms with Crippen molar-refractivity contribution in [2.45, 2.75) is 26.0 Å². The average Bonchev–Trinajstić information content (AvgIpc) is 2.66. The van der Waals surface area contributed by atoms with Crippen LogP contribution in [0.4, 0.5) is 4.39 Å². The normalized spacial score (nSPS) is 14.9. The molecule has 2 N–H and O–H groups in total. The summed E-state index contributed by atoms with van der Waals surface area (Å²) in [6.07, 6.45) is 1.80. The van der Waals surface area contributed by atoms with E-state index in [-0.39, 0.29) is 17.6 Å². The second-order valence-electron chi connectivity index (χ2n) is 6.30. The van der Waals surface area contributed by atoms with Crippen molar-refractivity contribution in [3.8, 4) is 5.75 Å². The van der Waals surface area contributed by atoms with Gasteiger partial charge in [-0.1, -0.05) is 24.3 Å². The summed E-state index contributed by atoms with van der Waals surface area (Å²) in [4.78, 5) is 12.1. The third-order valence-electron chi connectivity index (χ3n) is 4.39. The largest absolute Gasteiger partial charge is 0.489 e. The van der Waals surface area contributed by atoms with E-state index in [0.717, 1.165) is 42.8 Å². The second-order valence-corrected chi connectivity index (χ2v) is 6.30. The van der Waals surface area contributed by atoms with Gasteiger partial charge in [0.25, 0.3) is 0 Å². The Balaban J connectivity index is 1.46. The van der Waals surface area contributed by atoms with Crippen LogP contribution >= 0.6 is 0 Å². The van der Waals surface area contributed by atoms with E-state index in [2.05, 4.69) is 10.6 Å². The summed E-state index contributed by atoms with van der Waals surface area (Å²) in [7, 11) is 0. The number of piperidine rings is 1. The van der Waals surface area contributed by atoms with Crippen molar-refractivity contribution in [1.29, 1.82) is 0 Å². The molecular formula is C20H23FN2O2. The first kappa shape index (κ1) is 17.4. The van der Waals surface area contributed by atoms with Crippen molar-refractivity contribution in [2.24, 2.45) is 5.92 Å². The molecule has 1 heterocycles. The lowest BCUT2D eigenvalue weighted by molar-refractivity contribution is -0.125. The lowest BCUT2D eigenvalue weighted by atomic mass is 9.97. The highest BCUT2D eigenvalue weighted by atomic mass is 19.1. The number of carbonyl (C=O) groups is 1. The molecule has 0 aromatic heterocycles. The molecule has 3 rings (SSSR count). The van der Waals surface area contributed by atoms with Gasteiger partial charge < -0.3 is 15.4 Å². The van der Waals surface area contributed by atoms with Crippen LogP contribution in [0, 0.1) is 11.7 Å². The Morgan fingerprint density at radius 1 is 1.12 bits per heavy atom. The molecular weight excluding hydrogens is 319 g/mol. The van der Waals surface area contributed by atoms with Crippen molar-refractivity contribution < 1.29 is 13.9 Å². The molecule has 1 amide bonds. The number of hydrogen-bond acceptors (Lipinski definition) is 3. The SMILES string of the molecule is O=C(NCc1ccc(OCc2cccc(F)c2)cc1)C1CCNCC1. The van der Waals surface area contributed by atoms with E-state index in [0.29, 0.717) is 13.2 Å². The van der Waals surface area contributed by atoms with Crippen LogP contribution in [0.25, 0.3) is 0 Å². The van der Waals surface area contributed by atoms with Gasteiger partial charge >= 0.3 is 0 Å². The fourth-order valence-electron chi connectivity index (χ4n) is 2.91. The zero-order valence-electron chi connectivity index (χ0n) is 14.1. The van der Waals surface area contributed by atoms with Crippen LogP contribution in [0.3, 0.4) is 0 Å². The molecule has 0 bridgehead atoms. The van der Waals surface area contributed by atoms with Gasteiger partial charge in [-0.25, -0.2) is 4.39 Å². The maximum Gasteiger partial charge on any atom is 0.223 e. The fraction of sp³-hybridized carbons (Fsp3) is 0.350. The summed E-state index contributed by atoms with van der Waals surface area (Å²) in [5.74, 6) is 0.710. The Morgan fingerprint density at radius 3 is 2.60 bits per heavy atom. The summed E-state index contributed by atoms with van der Waals surface area (Å²) in [6.45, 7) is 2.67. The lowest BCUT2D eigenvalue weighted by Crippen LogP contribution is -2.37. The summed E-state index contributed by atoms with van der Waals surface area (Å²) in [5.41, 5.74) is 1.82. The molecule has 0 unspecified atom stereocenters. The first-order valence-corrected chi connectivity index (χ1v) is 8.65. The number of benzene rings is 2. The molecule has 0 radical (unpaired) electrons. The van der Waals surface area contributed by atoms with Gasteiger partial charge in [-0.15, -0.1) is 0 Å². The number of nitrogens with one attached hydrogen (secondary N) is 2. The third-order valence-corrected chi connectivity index (χ3v) is 4.39. The van der Waals surface area contributed by atoms with Crippen molar-refractivity contribution in [3.05, 3.63) is 65.5 Å². The highest BCUT2D eigenvalue weighted by molar-refractivity contribution is 5.78. The van der Waals surface area contributed by atoms with Gasteiger partial charge in [-0.3, -0.25) is 4.79 Å². The first-order chi connectivity index (χ1) is 12.2. The van der Waals surface area contributed by atoms with E-state index in [1.165, 1.54) is 12.1 Å². The van der Waals surface area contributed by atoms with Gasteiger partial charge in [0.05, 0.1) is 0 Å². The zero-order chi connectivity index (χ0) is 17.5. The first-order valence-electron chi connectivity index (χ1n) is 8.65. The molecule has 132 valence electrons. The Labute approximate surface area is 147 Å². The molecule has 2 aromatic rings. The van der Waals surface area contributed by atoms with E-state index in [9.17, 15) is 9.18 Å². The predicted octanol–water partition coefficient (Wildman–Crippen LogP) is 3.02. The Morgan fingerprint density at radius 2 is 1.88 bits per heavy atom. The molecule has 1 fully saturated rings. The number of carbonyl (C=O) groups excluding carboxylic acids is 1. The maximum atomic E-state index is 13.1. The second kappa shape index (κ2) is 8.62. The summed E-state index contributed by atoms with van der Waals surface area (Å²) in [5, 5.41) is 6.26. The number of halogens is 1. The van der Waals surface area contributed by atoms with Gasteiger partial charge in [0.15, 0.2) is 0 Å². The molecule has 1 aliphatic heterocycles. The van der Waals surface area contributed by atoms with Crippen LogP contribution in [0.5, 0.6) is 5.75 Å². The van der Waals surface area contributed by atoms with Crippen LogP contribution in [0.1, 0.15) is 24.0 Å². The monoisotopic (exact) mass is 342 g/mol. The summed E-state index contributed by atoms with van der Waals surface area (Å²) in [6, 6.07) is 14.0. The molecule has 5 heteroatoms. The summed E-state index contributed by atoms with van der Waals surface area (Å²) < 4.78 is 18.8. The van der Waals surface area contributed by atoms with E-state index in [1.54, 1.807) is 6.07 Å². The van der Waals surface area contributed by atoms with Crippen LogP contribution in [-0.4, -0.2) is 19.0 Å². The third kappa shape index (κ3) is 5.29. The van der Waals surface area contributed by atoms with Crippen molar-refractivity contribution in [3.63, 3.8) is 0 Å². The minimum atomic E-state index is -0.263. The standard InChI is InChI=1S/C20H23FN2O2/c21-18-3-1-2-16(12-18)14-25-19-6-4-15(5-7-19)13-23-20(24)17-8-10-22-11-9-17/h1-7,12,17,22H,8-11,13-14H2,(H,23,24). The smallest absolute Gasteiger partial charge is 0.223 e. The number of hydrogen-bond donors (Lipinski definition) is 2. The molecule has 1 saturated heterocycles. The Bertz CT molecular complexity index is 697. The Hall–Kier alpha value is -2.40. The average molecular weight is 342 g/mol. The van der Waals surface area contributed by atoms with Gasteiger partial charge in [-0.05, 0) is 61.3 Å². The minimum absolute atomic E-state index is 0.120. The van der Waals surface area contributed by atoms with E-state index in [1.807, 2.05) is 30.3 Å². The highest BCUT2D eigenvalue weighted by Crippen LogP contribution is 2.16. The molecule has 1 aliphatic rings. The van der Waals surface area contributed by atoms with E-state index < -0.39 is 0 Å². The highest BCUT2D eigenvalue weighted by Gasteiger charge is 2.20. The van der Waals surface area contributed by atoms with Crippen LogP contribution < -0.4 is 15.4 Å². The molecule has 25 heavy (non-hydrogen) atoms. The van der Waals surface area contributed by atoms with Gasteiger partial charge in [0, 0.05) is 12.5 Å². The predicted molar refractivity (Wildman–Crippen MR) is 94.6 cm³/mol. The fourth-order valence-corrected chi connectivity index (χ4v) is 2.91. The number of rotatable bonds is 6. The number of amides is 1. The van der Waals surface area contributed by atoms with Crippen LogP contribution in [-0.2, 0) is 17.9 Å². The lowest BCUT2D eigenvalue weighted by Gasteiger charge is -2.21. The zero-order valence-corrected chi connectivity index (χ0v) is 14.1. The quantitative estimate of drug-likeness (QED) is 0.848. The summed E-state index contributed by atoms with van der Waals surface area (Å²) >= 11 is 0. The molecule has 4 nitrogen and oxygen atoms in total. The van der Waals surface area contributed by atoms with Crippen LogP contribution in [0.15, 0.2) is 48.5 Å². The molecule has 0 saturated carbocycles. The van der Waals surface area contributed by atoms with E-state index >= 15 is 0 Å². The van der Waals surface area contributed by atoms with Gasteiger partial charge in [-0.2, -0.15) is 0 Å². The van der Waals surface area contributed by atoms with Crippen LogP contribution in [0.2, 0.25) is 0 Å². The van der Waals surface area contributed by atoms with Crippen molar-refractivity contribution in [1.82, 2.24) is 10.6 Å². The van der Waals surface area contributed by atoms with Crippen molar-refractivity contribution in [2.75, 3.05) is 13.1 Å². The molecule has 0 atom stereocenters. The minimum Gasteiger partial charge on any atom is -0.489 e. The molecule has 0 spiro atoms. The van der Waals surface area contributed by atoms with Gasteiger partial charge in [0.2, 0.25) is 5.91 Å². The van der Waals surface area contributed by atoms with Crippen molar-refractivity contribution >= 4 is 5.91 Å². The maximum absolute atomic E-state index is 13.1. The van der Waals surface area contributed by atoms with Gasteiger partial charge in [0.1, 0.15) is 18.2 Å². The number of ether oxygens (including phenoxy) is 1. The Kier molecular flexibility index (Phi) is 6.01. The van der Waals surface area contributed by atoms with E-state index in [4.69, 9.17) is 4.74 Å². The molecule has 2 aromatic carbocycles. The molecule has 0 aliphatic carbocycles.